The quantitative estimate of drug-likeness (QED) is 0.719. The number of carboxylic acids is 1. The summed E-state index contributed by atoms with van der Waals surface area (Å²) < 4.78 is 2.57. The summed E-state index contributed by atoms with van der Waals surface area (Å²) in [5, 5.41) is 13.8. The minimum Gasteiger partial charge on any atom is -0.476 e. The fourth-order valence-electron chi connectivity index (χ4n) is 2.61. The third kappa shape index (κ3) is 2.36. The molecule has 0 radical (unpaired) electrons. The number of carboxylic acid groups (broad SMARTS) is 1. The second kappa shape index (κ2) is 5.50. The zero-order chi connectivity index (χ0) is 16.0. The average Bonchev–Trinajstić information content (AvgIpc) is 2.96. The maximum atomic E-state index is 11.6. The maximum absolute atomic E-state index is 11.6. The van der Waals surface area contributed by atoms with Crippen LogP contribution in [0.3, 0.4) is 0 Å². The van der Waals surface area contributed by atoms with Crippen molar-refractivity contribution < 1.29 is 9.90 Å². The first-order valence-electron chi connectivity index (χ1n) is 6.84. The second-order valence-corrected chi connectivity index (χ2v) is 6.92. The first-order valence-corrected chi connectivity index (χ1v) is 8.62. The smallest absolute Gasteiger partial charge is 0.357 e. The van der Waals surface area contributed by atoms with Crippen LogP contribution in [0.1, 0.15) is 16.1 Å². The van der Waals surface area contributed by atoms with Crippen LogP contribution < -0.4 is 0 Å². The monoisotopic (exact) mass is 387 g/mol. The van der Waals surface area contributed by atoms with Gasteiger partial charge in [0.2, 0.25) is 0 Å². The SMILES string of the molecule is O=C(O)c1nn(-c2ccccn2)c2c1SCc1ccc(Br)cc1-2. The summed E-state index contributed by atoms with van der Waals surface area (Å²) in [6.45, 7) is 0. The molecule has 1 aliphatic rings. The number of rotatable bonds is 2. The number of aromatic nitrogens is 3. The minimum absolute atomic E-state index is 0.0706. The van der Waals surface area contributed by atoms with E-state index in [-0.39, 0.29) is 5.69 Å². The fourth-order valence-corrected chi connectivity index (χ4v) is 4.12. The Hall–Kier alpha value is -2.12. The third-order valence-electron chi connectivity index (χ3n) is 3.61. The molecule has 4 rings (SSSR count). The Kier molecular flexibility index (Phi) is 3.46. The van der Waals surface area contributed by atoms with E-state index in [4.69, 9.17) is 0 Å². The van der Waals surface area contributed by atoms with Crippen molar-refractivity contribution in [2.24, 2.45) is 0 Å². The standard InChI is InChI=1S/C16H10BrN3O2S/c17-10-5-4-9-8-23-15-13(16(21)22)19-20(14(15)11(9)7-10)12-3-1-2-6-18-12/h1-7H,8H2,(H,21,22). The van der Waals surface area contributed by atoms with Gasteiger partial charge in [-0.2, -0.15) is 5.10 Å². The fraction of sp³-hybridized carbons (Fsp3) is 0.0625. The molecule has 0 saturated carbocycles. The molecule has 1 aliphatic heterocycles. The van der Waals surface area contributed by atoms with E-state index in [1.165, 1.54) is 11.8 Å². The van der Waals surface area contributed by atoms with Crippen LogP contribution in [-0.2, 0) is 5.75 Å². The van der Waals surface area contributed by atoms with Crippen molar-refractivity contribution >= 4 is 33.7 Å². The van der Waals surface area contributed by atoms with Crippen molar-refractivity contribution in [1.29, 1.82) is 0 Å². The Morgan fingerprint density at radius 1 is 1.30 bits per heavy atom. The Labute approximate surface area is 144 Å². The molecule has 7 heteroatoms. The van der Waals surface area contributed by atoms with Crippen molar-refractivity contribution in [1.82, 2.24) is 14.8 Å². The van der Waals surface area contributed by atoms with Gasteiger partial charge in [0, 0.05) is 22.0 Å². The molecule has 114 valence electrons. The molecule has 1 aromatic carbocycles. The number of thioether (sulfide) groups is 1. The lowest BCUT2D eigenvalue weighted by atomic mass is 10.0. The Morgan fingerprint density at radius 2 is 2.17 bits per heavy atom. The topological polar surface area (TPSA) is 68.0 Å². The van der Waals surface area contributed by atoms with Crippen LogP contribution in [0.2, 0.25) is 0 Å². The highest BCUT2D eigenvalue weighted by atomic mass is 79.9. The summed E-state index contributed by atoms with van der Waals surface area (Å²) in [5.74, 6) is 0.302. The lowest BCUT2D eigenvalue weighted by Gasteiger charge is -2.18. The van der Waals surface area contributed by atoms with E-state index in [0.29, 0.717) is 10.7 Å². The molecule has 0 fully saturated rings. The van der Waals surface area contributed by atoms with E-state index in [1.54, 1.807) is 10.9 Å². The Morgan fingerprint density at radius 3 is 2.91 bits per heavy atom. The predicted molar refractivity (Wildman–Crippen MR) is 91.0 cm³/mol. The molecule has 3 aromatic rings. The average molecular weight is 388 g/mol. The number of pyridine rings is 1. The van der Waals surface area contributed by atoms with Gasteiger partial charge in [0.1, 0.15) is 0 Å². The lowest BCUT2D eigenvalue weighted by Crippen LogP contribution is -2.04. The largest absolute Gasteiger partial charge is 0.476 e. The van der Waals surface area contributed by atoms with Gasteiger partial charge in [-0.3, -0.25) is 0 Å². The van der Waals surface area contributed by atoms with E-state index < -0.39 is 5.97 Å². The molecule has 0 bridgehead atoms. The van der Waals surface area contributed by atoms with Crippen molar-refractivity contribution in [2.45, 2.75) is 10.6 Å². The highest BCUT2D eigenvalue weighted by Crippen LogP contribution is 2.44. The lowest BCUT2D eigenvalue weighted by molar-refractivity contribution is 0.0686. The van der Waals surface area contributed by atoms with Gasteiger partial charge >= 0.3 is 5.97 Å². The number of hydrogen-bond donors (Lipinski definition) is 1. The van der Waals surface area contributed by atoms with Gasteiger partial charge in [0.25, 0.3) is 0 Å². The minimum atomic E-state index is -1.03. The zero-order valence-electron chi connectivity index (χ0n) is 11.7. The molecule has 0 aliphatic carbocycles. The van der Waals surface area contributed by atoms with Crippen LogP contribution in [0.25, 0.3) is 17.1 Å². The summed E-state index contributed by atoms with van der Waals surface area (Å²) in [6, 6.07) is 11.5. The first kappa shape index (κ1) is 14.5. The molecule has 0 unspecified atom stereocenters. The number of fused-ring (bicyclic) bond motifs is 3. The van der Waals surface area contributed by atoms with Crippen LogP contribution in [0.4, 0.5) is 0 Å². The number of halogens is 1. The number of nitrogens with zero attached hydrogens (tertiary/aromatic N) is 3. The molecular weight excluding hydrogens is 378 g/mol. The van der Waals surface area contributed by atoms with E-state index in [1.807, 2.05) is 36.4 Å². The predicted octanol–water partition coefficient (Wildman–Crippen LogP) is 4.00. The van der Waals surface area contributed by atoms with E-state index in [0.717, 1.165) is 27.0 Å². The summed E-state index contributed by atoms with van der Waals surface area (Å²) >= 11 is 4.99. The van der Waals surface area contributed by atoms with Crippen LogP contribution >= 0.6 is 27.7 Å². The van der Waals surface area contributed by atoms with Gasteiger partial charge in [-0.05, 0) is 29.8 Å². The molecule has 1 N–H and O–H groups in total. The number of hydrogen-bond acceptors (Lipinski definition) is 4. The summed E-state index contributed by atoms with van der Waals surface area (Å²) in [4.78, 5) is 16.6. The second-order valence-electron chi connectivity index (χ2n) is 5.02. The van der Waals surface area contributed by atoms with Gasteiger partial charge in [-0.25, -0.2) is 14.5 Å². The third-order valence-corrected chi connectivity index (χ3v) is 5.23. The van der Waals surface area contributed by atoms with Gasteiger partial charge in [0.05, 0.1) is 10.6 Å². The summed E-state index contributed by atoms with van der Waals surface area (Å²) in [5.41, 5.74) is 2.99. The van der Waals surface area contributed by atoms with Gasteiger partial charge in [-0.1, -0.05) is 28.1 Å². The van der Waals surface area contributed by atoms with E-state index >= 15 is 0 Å². The normalized spacial score (nSPS) is 12.6. The molecule has 0 spiro atoms. The molecule has 23 heavy (non-hydrogen) atoms. The molecular formula is C16H10BrN3O2S. The zero-order valence-corrected chi connectivity index (χ0v) is 14.1. The number of aromatic carboxylic acids is 1. The Bertz CT molecular complexity index is 925. The Balaban J connectivity index is 2.05. The maximum Gasteiger partial charge on any atom is 0.357 e. The van der Waals surface area contributed by atoms with Crippen LogP contribution in [0, 0.1) is 0 Å². The molecule has 0 amide bonds. The van der Waals surface area contributed by atoms with Crippen molar-refractivity contribution in [3.05, 3.63) is 58.3 Å². The van der Waals surface area contributed by atoms with Gasteiger partial charge < -0.3 is 5.11 Å². The number of benzene rings is 1. The van der Waals surface area contributed by atoms with Crippen molar-refractivity contribution in [2.75, 3.05) is 0 Å². The molecule has 2 aromatic heterocycles. The van der Waals surface area contributed by atoms with Gasteiger partial charge in [-0.15, -0.1) is 11.8 Å². The highest BCUT2D eigenvalue weighted by Gasteiger charge is 2.29. The first-order chi connectivity index (χ1) is 11.1. The summed E-state index contributed by atoms with van der Waals surface area (Å²) in [7, 11) is 0. The van der Waals surface area contributed by atoms with Crippen LogP contribution in [0.15, 0.2) is 52.0 Å². The molecule has 3 heterocycles. The van der Waals surface area contributed by atoms with Crippen molar-refractivity contribution in [3.63, 3.8) is 0 Å². The van der Waals surface area contributed by atoms with Crippen LogP contribution in [-0.4, -0.2) is 25.8 Å². The van der Waals surface area contributed by atoms with Gasteiger partial charge in [0.15, 0.2) is 11.5 Å². The molecule has 0 atom stereocenters. The van der Waals surface area contributed by atoms with Crippen LogP contribution in [0.5, 0.6) is 0 Å². The van der Waals surface area contributed by atoms with E-state index in [9.17, 15) is 9.90 Å². The summed E-state index contributed by atoms with van der Waals surface area (Å²) in [6.07, 6.45) is 1.67. The van der Waals surface area contributed by atoms with E-state index in [2.05, 4.69) is 26.0 Å². The number of carbonyl (C=O) groups is 1. The van der Waals surface area contributed by atoms with Crippen molar-refractivity contribution in [3.8, 4) is 17.1 Å². The molecule has 5 nitrogen and oxygen atoms in total. The molecule has 0 saturated heterocycles. The highest BCUT2D eigenvalue weighted by molar-refractivity contribution is 9.10.